The standard InChI is InChI=1S/C18H21BrN3.HI/c1-13-5-10-17-20-18(14-6-8-15(19)9-7-14)16(21(17)11-13)12-22(2,3)4;/h5-11H,12H2,1-4H3;1H/q+1;/p-1. The molecule has 0 saturated heterocycles. The summed E-state index contributed by atoms with van der Waals surface area (Å²) in [7, 11) is 6.63. The zero-order chi connectivity index (χ0) is 15.9. The molecule has 0 amide bonds. The number of nitrogens with zero attached hydrogens (tertiary/aromatic N) is 3. The number of pyridine rings is 1. The van der Waals surface area contributed by atoms with Crippen LogP contribution in [-0.2, 0) is 6.54 Å². The molecule has 0 saturated carbocycles. The Morgan fingerprint density at radius 2 is 1.70 bits per heavy atom. The first-order valence-corrected chi connectivity index (χ1v) is 8.17. The number of hydrogen-bond donors (Lipinski definition) is 0. The summed E-state index contributed by atoms with van der Waals surface area (Å²) in [6, 6.07) is 12.6. The van der Waals surface area contributed by atoms with Gasteiger partial charge in [0.15, 0.2) is 0 Å². The van der Waals surface area contributed by atoms with Crippen LogP contribution in [0.4, 0.5) is 0 Å². The van der Waals surface area contributed by atoms with E-state index in [1.165, 1.54) is 11.3 Å². The summed E-state index contributed by atoms with van der Waals surface area (Å²) in [5.41, 5.74) is 5.74. The van der Waals surface area contributed by atoms with E-state index in [-0.39, 0.29) is 24.0 Å². The van der Waals surface area contributed by atoms with Crippen molar-refractivity contribution >= 4 is 21.6 Å². The van der Waals surface area contributed by atoms with E-state index in [4.69, 9.17) is 4.98 Å². The number of rotatable bonds is 3. The molecule has 5 heteroatoms. The summed E-state index contributed by atoms with van der Waals surface area (Å²) in [5.74, 6) is 0. The highest BCUT2D eigenvalue weighted by atomic mass is 127. The van der Waals surface area contributed by atoms with Gasteiger partial charge in [-0.05, 0) is 30.7 Å². The molecule has 0 atom stereocenters. The summed E-state index contributed by atoms with van der Waals surface area (Å²) in [6.45, 7) is 3.05. The first-order valence-electron chi connectivity index (χ1n) is 7.37. The Bertz CT molecular complexity index is 817. The number of imidazole rings is 1. The summed E-state index contributed by atoms with van der Waals surface area (Å²) >= 11 is 3.50. The molecule has 0 aliphatic heterocycles. The fraction of sp³-hybridized carbons (Fsp3) is 0.278. The second-order valence-corrected chi connectivity index (χ2v) is 7.71. The molecule has 0 spiro atoms. The molecule has 0 radical (unpaired) electrons. The molecule has 3 rings (SSSR count). The molecule has 1 aromatic carbocycles. The minimum Gasteiger partial charge on any atom is -1.00 e. The van der Waals surface area contributed by atoms with Crippen molar-refractivity contribution in [3.63, 3.8) is 0 Å². The fourth-order valence-corrected chi connectivity index (χ4v) is 2.90. The smallest absolute Gasteiger partial charge is 0.137 e. The Hall–Kier alpha value is -0.920. The molecule has 2 aromatic heterocycles. The van der Waals surface area contributed by atoms with Gasteiger partial charge in [-0.2, -0.15) is 0 Å². The Labute approximate surface area is 163 Å². The summed E-state index contributed by atoms with van der Waals surface area (Å²) in [6.07, 6.45) is 2.18. The third kappa shape index (κ3) is 4.14. The maximum absolute atomic E-state index is 4.88. The van der Waals surface area contributed by atoms with Crippen molar-refractivity contribution < 1.29 is 28.5 Å². The molecule has 0 bridgehead atoms. The topological polar surface area (TPSA) is 17.3 Å². The lowest BCUT2D eigenvalue weighted by Gasteiger charge is -2.24. The van der Waals surface area contributed by atoms with Gasteiger partial charge in [-0.25, -0.2) is 4.98 Å². The molecule has 23 heavy (non-hydrogen) atoms. The van der Waals surface area contributed by atoms with Crippen molar-refractivity contribution in [2.75, 3.05) is 21.1 Å². The van der Waals surface area contributed by atoms with Gasteiger partial charge >= 0.3 is 0 Å². The van der Waals surface area contributed by atoms with Crippen molar-refractivity contribution in [2.24, 2.45) is 0 Å². The fourth-order valence-electron chi connectivity index (χ4n) is 2.64. The van der Waals surface area contributed by atoms with Crippen LogP contribution in [0, 0.1) is 6.92 Å². The predicted molar refractivity (Wildman–Crippen MR) is 94.8 cm³/mol. The van der Waals surface area contributed by atoms with Gasteiger partial charge in [-0.1, -0.05) is 34.1 Å². The number of benzene rings is 1. The van der Waals surface area contributed by atoms with E-state index in [9.17, 15) is 0 Å². The third-order valence-corrected chi connectivity index (χ3v) is 4.14. The van der Waals surface area contributed by atoms with Gasteiger partial charge in [0.25, 0.3) is 0 Å². The number of fused-ring (bicyclic) bond motifs is 1. The normalized spacial score (nSPS) is 11.5. The highest BCUT2D eigenvalue weighted by Crippen LogP contribution is 2.27. The molecule has 0 N–H and O–H groups in total. The molecule has 0 aliphatic rings. The molecule has 0 fully saturated rings. The monoisotopic (exact) mass is 485 g/mol. The van der Waals surface area contributed by atoms with E-state index in [2.05, 4.69) is 91.0 Å². The molecular formula is C18H21BrIN3. The minimum absolute atomic E-state index is 0. The van der Waals surface area contributed by atoms with E-state index in [0.29, 0.717) is 0 Å². The highest BCUT2D eigenvalue weighted by molar-refractivity contribution is 9.10. The molecule has 3 nitrogen and oxygen atoms in total. The number of aryl methyl sites for hydroxylation is 1. The van der Waals surface area contributed by atoms with Crippen LogP contribution in [0.15, 0.2) is 47.1 Å². The van der Waals surface area contributed by atoms with Crippen molar-refractivity contribution in [3.05, 3.63) is 58.3 Å². The lowest BCUT2D eigenvalue weighted by Crippen LogP contribution is -3.00. The number of aromatic nitrogens is 2. The van der Waals surface area contributed by atoms with Crippen LogP contribution in [0.5, 0.6) is 0 Å². The van der Waals surface area contributed by atoms with E-state index in [1.807, 2.05) is 0 Å². The van der Waals surface area contributed by atoms with Gasteiger partial charge in [0, 0.05) is 16.2 Å². The van der Waals surface area contributed by atoms with Gasteiger partial charge < -0.3 is 28.5 Å². The van der Waals surface area contributed by atoms with Crippen LogP contribution in [0.25, 0.3) is 16.9 Å². The lowest BCUT2D eigenvalue weighted by molar-refractivity contribution is -0.884. The molecule has 0 aliphatic carbocycles. The third-order valence-electron chi connectivity index (χ3n) is 3.61. The average molecular weight is 486 g/mol. The zero-order valence-corrected chi connectivity index (χ0v) is 17.6. The van der Waals surface area contributed by atoms with E-state index >= 15 is 0 Å². The first kappa shape index (κ1) is 18.4. The molecule has 3 aromatic rings. The van der Waals surface area contributed by atoms with Crippen molar-refractivity contribution in [1.29, 1.82) is 0 Å². The van der Waals surface area contributed by atoms with Crippen LogP contribution >= 0.6 is 15.9 Å². The molecule has 122 valence electrons. The largest absolute Gasteiger partial charge is 1.00 e. The Kier molecular flexibility index (Phi) is 5.53. The van der Waals surface area contributed by atoms with E-state index in [0.717, 1.165) is 32.4 Å². The van der Waals surface area contributed by atoms with Gasteiger partial charge in [-0.15, -0.1) is 0 Å². The van der Waals surface area contributed by atoms with Crippen LogP contribution in [-0.4, -0.2) is 35.0 Å². The van der Waals surface area contributed by atoms with Crippen molar-refractivity contribution in [1.82, 2.24) is 9.38 Å². The maximum atomic E-state index is 4.88. The Balaban J connectivity index is 0.00000192. The number of hydrogen-bond acceptors (Lipinski definition) is 1. The quantitative estimate of drug-likeness (QED) is 0.403. The second kappa shape index (κ2) is 6.91. The molecule has 0 unspecified atom stereocenters. The van der Waals surface area contributed by atoms with E-state index < -0.39 is 0 Å². The Morgan fingerprint density at radius 3 is 2.30 bits per heavy atom. The second-order valence-electron chi connectivity index (χ2n) is 6.80. The minimum atomic E-state index is 0. The van der Waals surface area contributed by atoms with Gasteiger partial charge in [0.1, 0.15) is 17.9 Å². The summed E-state index contributed by atoms with van der Waals surface area (Å²) < 4.78 is 4.19. The SMILES string of the molecule is Cc1ccc2nc(-c3ccc(Br)cc3)c(C[N+](C)(C)C)n2c1.[I-]. The number of halogens is 2. The van der Waals surface area contributed by atoms with Crippen LogP contribution in [0.2, 0.25) is 0 Å². The number of quaternary nitrogens is 1. The predicted octanol–water partition coefficient (Wildman–Crippen LogP) is 1.28. The van der Waals surface area contributed by atoms with Crippen molar-refractivity contribution in [3.8, 4) is 11.3 Å². The maximum Gasteiger partial charge on any atom is 0.137 e. The van der Waals surface area contributed by atoms with Gasteiger partial charge in [-0.3, -0.25) is 4.40 Å². The van der Waals surface area contributed by atoms with Crippen LogP contribution in [0.1, 0.15) is 11.3 Å². The Morgan fingerprint density at radius 1 is 1.04 bits per heavy atom. The van der Waals surface area contributed by atoms with E-state index in [1.54, 1.807) is 0 Å². The van der Waals surface area contributed by atoms with Gasteiger partial charge in [0.2, 0.25) is 0 Å². The highest BCUT2D eigenvalue weighted by Gasteiger charge is 2.20. The van der Waals surface area contributed by atoms with Crippen LogP contribution in [0.3, 0.4) is 0 Å². The summed E-state index contributed by atoms with van der Waals surface area (Å²) in [5, 5.41) is 0. The molecular weight excluding hydrogens is 465 g/mol. The van der Waals surface area contributed by atoms with Crippen molar-refractivity contribution in [2.45, 2.75) is 13.5 Å². The zero-order valence-electron chi connectivity index (χ0n) is 13.8. The summed E-state index contributed by atoms with van der Waals surface area (Å²) in [4.78, 5) is 4.88. The van der Waals surface area contributed by atoms with Gasteiger partial charge in [0.05, 0.1) is 26.8 Å². The first-order chi connectivity index (χ1) is 10.3. The average Bonchev–Trinajstić information content (AvgIpc) is 2.76. The van der Waals surface area contributed by atoms with Crippen LogP contribution < -0.4 is 24.0 Å². The molecule has 2 heterocycles. The lowest BCUT2D eigenvalue weighted by atomic mass is 10.1.